The van der Waals surface area contributed by atoms with Crippen LogP contribution in [0.15, 0.2) is 12.1 Å². The van der Waals surface area contributed by atoms with Gasteiger partial charge in [-0.25, -0.2) is 0 Å². The van der Waals surface area contributed by atoms with Crippen LogP contribution >= 0.6 is 11.6 Å². The molecule has 0 amide bonds. The summed E-state index contributed by atoms with van der Waals surface area (Å²) in [4.78, 5) is 0. The lowest BCUT2D eigenvalue weighted by atomic mass is 10.1. The zero-order valence-electron chi connectivity index (χ0n) is 7.38. The van der Waals surface area contributed by atoms with Gasteiger partial charge in [0, 0.05) is 12.0 Å². The van der Waals surface area contributed by atoms with Gasteiger partial charge in [0.05, 0.1) is 5.02 Å². The third-order valence-electron chi connectivity index (χ3n) is 2.36. The molecule has 1 atom stereocenters. The number of fused-ring (bicyclic) bond motifs is 1. The summed E-state index contributed by atoms with van der Waals surface area (Å²) in [5.74, 6) is 0.948. The highest BCUT2D eigenvalue weighted by Gasteiger charge is 2.26. The van der Waals surface area contributed by atoms with E-state index in [0.717, 1.165) is 18.4 Å². The van der Waals surface area contributed by atoms with E-state index in [1.54, 1.807) is 12.1 Å². The number of hydrogen-bond donors (Lipinski definition) is 1. The van der Waals surface area contributed by atoms with Crippen LogP contribution in [0.3, 0.4) is 0 Å². The number of phenols is 1. The van der Waals surface area contributed by atoms with E-state index in [4.69, 9.17) is 16.3 Å². The zero-order valence-corrected chi connectivity index (χ0v) is 8.14. The minimum absolute atomic E-state index is 0.167. The van der Waals surface area contributed by atoms with E-state index in [9.17, 15) is 5.11 Å². The van der Waals surface area contributed by atoms with E-state index < -0.39 is 0 Å². The van der Waals surface area contributed by atoms with Gasteiger partial charge in [-0.15, -0.1) is 0 Å². The largest absolute Gasteiger partial charge is 0.508 e. The Labute approximate surface area is 82.1 Å². The third kappa shape index (κ3) is 1.35. The number of halogens is 1. The van der Waals surface area contributed by atoms with Crippen molar-refractivity contribution in [3.8, 4) is 11.5 Å². The molecule has 2 nitrogen and oxygen atoms in total. The van der Waals surface area contributed by atoms with E-state index in [2.05, 4.69) is 6.92 Å². The van der Waals surface area contributed by atoms with Crippen molar-refractivity contribution in [1.82, 2.24) is 0 Å². The van der Waals surface area contributed by atoms with E-state index in [1.807, 2.05) is 0 Å². The molecule has 1 aliphatic rings. The quantitative estimate of drug-likeness (QED) is 0.752. The van der Waals surface area contributed by atoms with Crippen molar-refractivity contribution in [3.63, 3.8) is 0 Å². The van der Waals surface area contributed by atoms with Crippen molar-refractivity contribution in [2.45, 2.75) is 25.9 Å². The molecule has 0 saturated heterocycles. The molecule has 0 radical (unpaired) electrons. The van der Waals surface area contributed by atoms with Gasteiger partial charge in [-0.1, -0.05) is 18.5 Å². The predicted molar refractivity (Wildman–Crippen MR) is 51.5 cm³/mol. The number of phenolic OH excluding ortho intramolecular Hbond substituents is 1. The lowest BCUT2D eigenvalue weighted by molar-refractivity contribution is 0.228. The number of hydrogen-bond acceptors (Lipinski definition) is 2. The molecule has 1 aromatic rings. The molecular weight excluding hydrogens is 188 g/mol. The molecule has 1 aromatic carbocycles. The molecule has 0 bridgehead atoms. The second kappa shape index (κ2) is 3.11. The van der Waals surface area contributed by atoms with Gasteiger partial charge in [-0.05, 0) is 18.6 Å². The molecular formula is C10H11ClO2. The normalized spacial score (nSPS) is 19.7. The van der Waals surface area contributed by atoms with Gasteiger partial charge in [-0.2, -0.15) is 0 Å². The van der Waals surface area contributed by atoms with Crippen LogP contribution in [-0.4, -0.2) is 11.2 Å². The van der Waals surface area contributed by atoms with E-state index in [1.165, 1.54) is 0 Å². The molecule has 1 heterocycles. The molecule has 1 unspecified atom stereocenters. The van der Waals surface area contributed by atoms with Crippen LogP contribution in [-0.2, 0) is 6.42 Å². The number of rotatable bonds is 1. The molecule has 3 heteroatoms. The monoisotopic (exact) mass is 198 g/mol. The molecule has 0 fully saturated rings. The molecule has 0 spiro atoms. The van der Waals surface area contributed by atoms with Crippen molar-refractivity contribution in [2.75, 3.05) is 0 Å². The molecule has 1 aliphatic heterocycles. The lowest BCUT2D eigenvalue weighted by Gasteiger charge is -2.06. The molecule has 0 aliphatic carbocycles. The highest BCUT2D eigenvalue weighted by molar-refractivity contribution is 6.32. The zero-order chi connectivity index (χ0) is 9.42. The Morgan fingerprint density at radius 1 is 1.62 bits per heavy atom. The van der Waals surface area contributed by atoms with Crippen LogP contribution < -0.4 is 4.74 Å². The van der Waals surface area contributed by atoms with Crippen molar-refractivity contribution in [1.29, 1.82) is 0 Å². The standard InChI is InChI=1S/C10H11ClO2/c1-2-6-5-7-9(12)4-3-8(11)10(7)13-6/h3-4,6,12H,2,5H2,1H3. The summed E-state index contributed by atoms with van der Waals surface area (Å²) < 4.78 is 5.58. The number of benzene rings is 1. The molecule has 0 saturated carbocycles. The summed E-state index contributed by atoms with van der Waals surface area (Å²) in [6, 6.07) is 3.27. The molecule has 2 rings (SSSR count). The fourth-order valence-electron chi connectivity index (χ4n) is 1.58. The minimum Gasteiger partial charge on any atom is -0.508 e. The van der Waals surface area contributed by atoms with Crippen molar-refractivity contribution < 1.29 is 9.84 Å². The highest BCUT2D eigenvalue weighted by atomic mass is 35.5. The maximum atomic E-state index is 9.53. The summed E-state index contributed by atoms with van der Waals surface area (Å²) >= 11 is 5.93. The third-order valence-corrected chi connectivity index (χ3v) is 2.66. The first-order valence-corrected chi connectivity index (χ1v) is 4.77. The van der Waals surface area contributed by atoms with Crippen molar-refractivity contribution >= 4 is 11.6 Å². The number of ether oxygens (including phenoxy) is 1. The summed E-state index contributed by atoms with van der Waals surface area (Å²) in [5, 5.41) is 10.1. The summed E-state index contributed by atoms with van der Waals surface area (Å²) in [6.07, 6.45) is 1.86. The van der Waals surface area contributed by atoms with E-state index in [0.29, 0.717) is 10.8 Å². The van der Waals surface area contributed by atoms with Crippen LogP contribution in [0.4, 0.5) is 0 Å². The van der Waals surface area contributed by atoms with Gasteiger partial charge in [-0.3, -0.25) is 0 Å². The van der Waals surface area contributed by atoms with Gasteiger partial charge >= 0.3 is 0 Å². The van der Waals surface area contributed by atoms with Gasteiger partial charge in [0.15, 0.2) is 0 Å². The Morgan fingerprint density at radius 2 is 2.38 bits per heavy atom. The first kappa shape index (κ1) is 8.70. The maximum absolute atomic E-state index is 9.53. The van der Waals surface area contributed by atoms with Gasteiger partial charge in [0.2, 0.25) is 0 Å². The lowest BCUT2D eigenvalue weighted by Crippen LogP contribution is -2.10. The Balaban J connectivity index is 2.43. The second-order valence-electron chi connectivity index (χ2n) is 3.23. The Morgan fingerprint density at radius 3 is 3.00 bits per heavy atom. The average molecular weight is 199 g/mol. The fraction of sp³-hybridized carbons (Fsp3) is 0.400. The van der Waals surface area contributed by atoms with Gasteiger partial charge in [0.1, 0.15) is 17.6 Å². The summed E-state index contributed by atoms with van der Waals surface area (Å²) in [5.41, 5.74) is 0.847. The molecule has 70 valence electrons. The maximum Gasteiger partial charge on any atom is 0.145 e. The summed E-state index contributed by atoms with van der Waals surface area (Å²) in [7, 11) is 0. The molecule has 13 heavy (non-hydrogen) atoms. The van der Waals surface area contributed by atoms with Crippen LogP contribution in [0.1, 0.15) is 18.9 Å². The topological polar surface area (TPSA) is 29.5 Å². The number of aromatic hydroxyl groups is 1. The smallest absolute Gasteiger partial charge is 0.145 e. The van der Waals surface area contributed by atoms with Crippen LogP contribution in [0.2, 0.25) is 5.02 Å². The first-order chi connectivity index (χ1) is 6.22. The average Bonchev–Trinajstić information content (AvgIpc) is 2.56. The van der Waals surface area contributed by atoms with E-state index in [-0.39, 0.29) is 11.9 Å². The van der Waals surface area contributed by atoms with E-state index >= 15 is 0 Å². The van der Waals surface area contributed by atoms with Crippen LogP contribution in [0.5, 0.6) is 11.5 Å². The Hall–Kier alpha value is -0.890. The first-order valence-electron chi connectivity index (χ1n) is 4.39. The van der Waals surface area contributed by atoms with Crippen molar-refractivity contribution in [2.24, 2.45) is 0 Å². The summed E-state index contributed by atoms with van der Waals surface area (Å²) in [6.45, 7) is 2.06. The second-order valence-corrected chi connectivity index (χ2v) is 3.63. The SMILES string of the molecule is CCC1Cc2c(O)ccc(Cl)c2O1. The van der Waals surface area contributed by atoms with Gasteiger partial charge < -0.3 is 9.84 Å². The highest BCUT2D eigenvalue weighted by Crippen LogP contribution is 2.41. The van der Waals surface area contributed by atoms with Crippen LogP contribution in [0, 0.1) is 0 Å². The van der Waals surface area contributed by atoms with Crippen molar-refractivity contribution in [3.05, 3.63) is 22.7 Å². The predicted octanol–water partition coefficient (Wildman–Crippen LogP) is 2.76. The minimum atomic E-state index is 0.167. The van der Waals surface area contributed by atoms with Gasteiger partial charge in [0.25, 0.3) is 0 Å². The fourth-order valence-corrected chi connectivity index (χ4v) is 1.80. The Kier molecular flexibility index (Phi) is 2.08. The molecule has 0 aromatic heterocycles. The Bertz CT molecular complexity index is 305. The molecule has 1 N–H and O–H groups in total. The van der Waals surface area contributed by atoms with Crippen LogP contribution in [0.25, 0.3) is 0 Å².